The van der Waals surface area contributed by atoms with Crippen LogP contribution in [0.5, 0.6) is 0 Å². The topological polar surface area (TPSA) is 88.8 Å². The SMILES string of the molecule is CC(Sc1nc2cc(Cl)ccc2c(=O)[nH]1)C(N)=O. The number of hydrogen-bond acceptors (Lipinski definition) is 4. The summed E-state index contributed by atoms with van der Waals surface area (Å²) in [5.41, 5.74) is 5.38. The van der Waals surface area contributed by atoms with Gasteiger partial charge in [0.05, 0.1) is 16.2 Å². The fourth-order valence-corrected chi connectivity index (χ4v) is 2.29. The van der Waals surface area contributed by atoms with E-state index in [0.29, 0.717) is 21.1 Å². The number of amides is 1. The van der Waals surface area contributed by atoms with Crippen molar-refractivity contribution in [3.8, 4) is 0 Å². The number of aromatic nitrogens is 2. The Morgan fingerprint density at radius 2 is 2.28 bits per heavy atom. The van der Waals surface area contributed by atoms with Crippen molar-refractivity contribution in [1.29, 1.82) is 0 Å². The minimum absolute atomic E-state index is 0.268. The quantitative estimate of drug-likeness (QED) is 0.660. The average molecular weight is 284 g/mol. The fraction of sp³-hybridized carbons (Fsp3) is 0.182. The monoisotopic (exact) mass is 283 g/mol. The molecule has 0 saturated carbocycles. The van der Waals surface area contributed by atoms with Crippen LogP contribution in [0.1, 0.15) is 6.92 Å². The molecular formula is C11H10ClN3O2S. The number of benzene rings is 1. The Bertz CT molecular complexity index is 671. The van der Waals surface area contributed by atoms with Gasteiger partial charge in [0, 0.05) is 5.02 Å². The largest absolute Gasteiger partial charge is 0.369 e. The molecule has 2 rings (SSSR count). The zero-order valence-electron chi connectivity index (χ0n) is 9.44. The lowest BCUT2D eigenvalue weighted by Gasteiger charge is -2.06. The van der Waals surface area contributed by atoms with Crippen molar-refractivity contribution in [3.63, 3.8) is 0 Å². The number of hydrogen-bond donors (Lipinski definition) is 2. The van der Waals surface area contributed by atoms with Crippen LogP contribution in [0.25, 0.3) is 10.9 Å². The molecule has 2 aromatic rings. The maximum atomic E-state index is 11.8. The van der Waals surface area contributed by atoms with E-state index in [1.807, 2.05) is 0 Å². The molecule has 1 amide bonds. The van der Waals surface area contributed by atoms with Crippen molar-refractivity contribution >= 4 is 40.2 Å². The standard InChI is InChI=1S/C11H10ClN3O2S/c1-5(9(13)16)18-11-14-8-4-6(12)2-3-7(8)10(17)15-11/h2-5H,1H3,(H2,13,16)(H,14,15,17). The summed E-state index contributed by atoms with van der Waals surface area (Å²) < 4.78 is 0. The van der Waals surface area contributed by atoms with Crippen LogP contribution in [-0.4, -0.2) is 21.1 Å². The second-order valence-electron chi connectivity index (χ2n) is 3.69. The molecule has 7 heteroatoms. The zero-order valence-corrected chi connectivity index (χ0v) is 11.0. The Balaban J connectivity index is 2.48. The lowest BCUT2D eigenvalue weighted by atomic mass is 10.2. The highest BCUT2D eigenvalue weighted by Gasteiger charge is 2.13. The summed E-state index contributed by atoms with van der Waals surface area (Å²) >= 11 is 6.95. The Kier molecular flexibility index (Phi) is 3.58. The van der Waals surface area contributed by atoms with Gasteiger partial charge in [-0.15, -0.1) is 0 Å². The predicted octanol–water partition coefficient (Wildman–Crippen LogP) is 1.54. The number of nitrogens with one attached hydrogen (secondary N) is 1. The van der Waals surface area contributed by atoms with Crippen molar-refractivity contribution in [1.82, 2.24) is 9.97 Å². The van der Waals surface area contributed by atoms with Gasteiger partial charge in [-0.25, -0.2) is 4.98 Å². The molecule has 5 nitrogen and oxygen atoms in total. The Morgan fingerprint density at radius 1 is 1.56 bits per heavy atom. The van der Waals surface area contributed by atoms with Crippen LogP contribution in [0, 0.1) is 0 Å². The van der Waals surface area contributed by atoms with Crippen LogP contribution in [0.2, 0.25) is 5.02 Å². The highest BCUT2D eigenvalue weighted by molar-refractivity contribution is 8.00. The van der Waals surface area contributed by atoms with E-state index in [1.54, 1.807) is 25.1 Å². The van der Waals surface area contributed by atoms with E-state index in [2.05, 4.69) is 9.97 Å². The van der Waals surface area contributed by atoms with Gasteiger partial charge in [-0.05, 0) is 25.1 Å². The second kappa shape index (κ2) is 4.99. The van der Waals surface area contributed by atoms with E-state index >= 15 is 0 Å². The van der Waals surface area contributed by atoms with Gasteiger partial charge < -0.3 is 10.7 Å². The van der Waals surface area contributed by atoms with E-state index < -0.39 is 11.2 Å². The first-order valence-electron chi connectivity index (χ1n) is 5.13. The summed E-state index contributed by atoms with van der Waals surface area (Å²) in [5.74, 6) is -0.464. The van der Waals surface area contributed by atoms with Gasteiger partial charge in [-0.1, -0.05) is 23.4 Å². The molecule has 1 aromatic heterocycles. The molecule has 1 atom stereocenters. The second-order valence-corrected chi connectivity index (χ2v) is 5.46. The minimum atomic E-state index is -0.468. The number of nitrogens with zero attached hydrogens (tertiary/aromatic N) is 1. The number of thioether (sulfide) groups is 1. The van der Waals surface area contributed by atoms with E-state index in [4.69, 9.17) is 17.3 Å². The van der Waals surface area contributed by atoms with Gasteiger partial charge in [0.2, 0.25) is 5.91 Å². The predicted molar refractivity (Wildman–Crippen MR) is 71.9 cm³/mol. The minimum Gasteiger partial charge on any atom is -0.369 e. The van der Waals surface area contributed by atoms with Crippen LogP contribution in [0.3, 0.4) is 0 Å². The van der Waals surface area contributed by atoms with Crippen molar-refractivity contribution in [3.05, 3.63) is 33.6 Å². The summed E-state index contributed by atoms with van der Waals surface area (Å²) in [6.07, 6.45) is 0. The van der Waals surface area contributed by atoms with Crippen molar-refractivity contribution in [2.24, 2.45) is 5.73 Å². The van der Waals surface area contributed by atoms with Crippen molar-refractivity contribution < 1.29 is 4.79 Å². The highest BCUT2D eigenvalue weighted by Crippen LogP contribution is 2.21. The van der Waals surface area contributed by atoms with Crippen molar-refractivity contribution in [2.75, 3.05) is 0 Å². The number of H-pyrrole nitrogens is 1. The first kappa shape index (κ1) is 12.9. The van der Waals surface area contributed by atoms with Gasteiger partial charge in [0.25, 0.3) is 5.56 Å². The lowest BCUT2D eigenvalue weighted by Crippen LogP contribution is -2.23. The summed E-state index contributed by atoms with van der Waals surface area (Å²) in [4.78, 5) is 29.6. The maximum absolute atomic E-state index is 11.8. The van der Waals surface area contributed by atoms with Crippen molar-refractivity contribution in [2.45, 2.75) is 17.3 Å². The summed E-state index contributed by atoms with van der Waals surface area (Å²) in [6, 6.07) is 4.83. The number of carbonyl (C=O) groups is 1. The number of carbonyl (C=O) groups excluding carboxylic acids is 1. The molecule has 18 heavy (non-hydrogen) atoms. The number of rotatable bonds is 3. The number of halogens is 1. The van der Waals surface area contributed by atoms with Gasteiger partial charge >= 0.3 is 0 Å². The van der Waals surface area contributed by atoms with Gasteiger partial charge in [0.15, 0.2) is 5.16 Å². The third kappa shape index (κ3) is 2.65. The first-order valence-corrected chi connectivity index (χ1v) is 6.38. The molecule has 0 aliphatic rings. The van der Waals surface area contributed by atoms with Crippen LogP contribution in [0.15, 0.2) is 28.2 Å². The third-order valence-electron chi connectivity index (χ3n) is 2.34. The van der Waals surface area contributed by atoms with E-state index in [1.165, 1.54) is 0 Å². The maximum Gasteiger partial charge on any atom is 0.259 e. The molecule has 1 heterocycles. The van der Waals surface area contributed by atoms with Gasteiger partial charge in [0.1, 0.15) is 0 Å². The van der Waals surface area contributed by atoms with Crippen LogP contribution in [-0.2, 0) is 4.79 Å². The molecule has 1 aromatic carbocycles. The van der Waals surface area contributed by atoms with Gasteiger partial charge in [-0.3, -0.25) is 9.59 Å². The molecule has 1 unspecified atom stereocenters. The first-order chi connectivity index (χ1) is 8.47. The zero-order chi connectivity index (χ0) is 13.3. The molecule has 0 spiro atoms. The van der Waals surface area contributed by atoms with Crippen LogP contribution in [0.4, 0.5) is 0 Å². The lowest BCUT2D eigenvalue weighted by molar-refractivity contribution is -0.117. The third-order valence-corrected chi connectivity index (χ3v) is 3.57. The summed E-state index contributed by atoms with van der Waals surface area (Å²) in [5, 5.41) is 0.834. The van der Waals surface area contributed by atoms with E-state index in [9.17, 15) is 9.59 Å². The van der Waals surface area contributed by atoms with Gasteiger partial charge in [-0.2, -0.15) is 0 Å². The molecule has 0 fully saturated rings. The molecule has 0 radical (unpaired) electrons. The molecular weight excluding hydrogens is 274 g/mol. The number of aromatic amines is 1. The smallest absolute Gasteiger partial charge is 0.259 e. The van der Waals surface area contributed by atoms with E-state index in [0.717, 1.165) is 11.8 Å². The molecule has 3 N–H and O–H groups in total. The Morgan fingerprint density at radius 3 is 2.94 bits per heavy atom. The normalized spacial score (nSPS) is 12.6. The Labute approximate surface area is 112 Å². The number of fused-ring (bicyclic) bond motifs is 1. The fourth-order valence-electron chi connectivity index (χ4n) is 1.37. The number of primary amides is 1. The average Bonchev–Trinajstić information content (AvgIpc) is 2.27. The molecule has 94 valence electrons. The summed E-state index contributed by atoms with van der Waals surface area (Å²) in [6.45, 7) is 1.65. The molecule has 0 aliphatic carbocycles. The number of nitrogens with two attached hydrogens (primary N) is 1. The van der Waals surface area contributed by atoms with Crippen LogP contribution >= 0.6 is 23.4 Å². The van der Waals surface area contributed by atoms with Crippen LogP contribution < -0.4 is 11.3 Å². The summed E-state index contributed by atoms with van der Waals surface area (Å²) in [7, 11) is 0. The molecule has 0 saturated heterocycles. The molecule has 0 bridgehead atoms. The highest BCUT2D eigenvalue weighted by atomic mass is 35.5. The van der Waals surface area contributed by atoms with E-state index in [-0.39, 0.29) is 5.56 Å². The molecule has 0 aliphatic heterocycles. The Hall–Kier alpha value is -1.53.